The molecule has 1 aromatic carbocycles. The molecule has 1 aliphatic rings. The number of hydrogen-bond acceptors (Lipinski definition) is 6. The Bertz CT molecular complexity index is 838. The molecule has 0 N–H and O–H groups in total. The molecule has 7 heteroatoms. The van der Waals surface area contributed by atoms with E-state index in [0.717, 1.165) is 0 Å². The van der Waals surface area contributed by atoms with Gasteiger partial charge >= 0.3 is 5.97 Å². The van der Waals surface area contributed by atoms with Crippen molar-refractivity contribution in [2.24, 2.45) is 0 Å². The maximum atomic E-state index is 12.4. The zero-order chi connectivity index (χ0) is 18.2. The van der Waals surface area contributed by atoms with E-state index in [-0.39, 0.29) is 21.4 Å². The Hall–Kier alpha value is -2.67. The Morgan fingerprint density at radius 1 is 1.08 bits per heavy atom. The molecule has 6 nitrogen and oxygen atoms in total. The normalized spacial score (nSPS) is 13.8. The number of carbonyl (C=O) groups is 3. The van der Waals surface area contributed by atoms with E-state index < -0.39 is 17.8 Å². The fourth-order valence-corrected chi connectivity index (χ4v) is 3.22. The Balaban J connectivity index is 1.79. The van der Waals surface area contributed by atoms with Crippen LogP contribution >= 0.6 is 11.8 Å². The Labute approximate surface area is 149 Å². The Morgan fingerprint density at radius 3 is 2.24 bits per heavy atom. The number of benzene rings is 1. The number of imide groups is 1. The number of nitrogens with zero attached hydrogens (tertiary/aromatic N) is 2. The van der Waals surface area contributed by atoms with Crippen LogP contribution in [-0.4, -0.2) is 32.6 Å². The average molecular weight is 356 g/mol. The van der Waals surface area contributed by atoms with Crippen molar-refractivity contribution in [1.29, 1.82) is 0 Å². The summed E-state index contributed by atoms with van der Waals surface area (Å²) in [6.07, 6.45) is 1.49. The largest absolute Gasteiger partial charge is 0.364 e. The van der Waals surface area contributed by atoms with Gasteiger partial charge in [0, 0.05) is 10.9 Å². The fourth-order valence-electron chi connectivity index (χ4n) is 2.29. The van der Waals surface area contributed by atoms with Crippen LogP contribution in [0.2, 0.25) is 0 Å². The van der Waals surface area contributed by atoms with Crippen molar-refractivity contribution >= 4 is 29.5 Å². The highest BCUT2D eigenvalue weighted by molar-refractivity contribution is 8.00. The van der Waals surface area contributed by atoms with Crippen LogP contribution in [0.25, 0.3) is 0 Å². The van der Waals surface area contributed by atoms with Crippen molar-refractivity contribution in [3.8, 4) is 0 Å². The van der Waals surface area contributed by atoms with Gasteiger partial charge in [-0.2, -0.15) is 0 Å². The predicted molar refractivity (Wildman–Crippen MR) is 92.2 cm³/mol. The third kappa shape index (κ3) is 3.56. The lowest BCUT2D eigenvalue weighted by Gasteiger charge is -2.17. The van der Waals surface area contributed by atoms with Crippen LogP contribution in [0.1, 0.15) is 51.8 Å². The van der Waals surface area contributed by atoms with Gasteiger partial charge in [-0.3, -0.25) is 9.59 Å². The minimum Gasteiger partial charge on any atom is -0.324 e. The molecule has 1 aliphatic heterocycles. The van der Waals surface area contributed by atoms with Crippen molar-refractivity contribution in [2.75, 3.05) is 0 Å². The lowest BCUT2D eigenvalue weighted by Crippen LogP contribution is -2.32. The highest BCUT2D eigenvalue weighted by Gasteiger charge is 2.38. The first-order valence-electron chi connectivity index (χ1n) is 7.61. The van der Waals surface area contributed by atoms with Gasteiger partial charge in [0.25, 0.3) is 11.8 Å². The molecule has 3 rings (SSSR count). The van der Waals surface area contributed by atoms with Crippen LogP contribution in [0.5, 0.6) is 0 Å². The van der Waals surface area contributed by atoms with E-state index in [0.29, 0.717) is 10.1 Å². The lowest BCUT2D eigenvalue weighted by atomic mass is 10.1. The predicted octanol–water partition coefficient (Wildman–Crippen LogP) is 3.34. The standard InChI is InChI=1S/C18H16N2O4S/c1-18(2,3)25-14-10-11(8-9-19-14)17(23)24-20-15(21)12-6-4-5-7-13(12)16(20)22/h4-10H,1-3H3. The van der Waals surface area contributed by atoms with Gasteiger partial charge in [0.15, 0.2) is 0 Å². The second kappa shape index (κ2) is 6.33. The van der Waals surface area contributed by atoms with Crippen LogP contribution in [0.4, 0.5) is 0 Å². The first-order valence-corrected chi connectivity index (χ1v) is 8.43. The van der Waals surface area contributed by atoms with Gasteiger partial charge < -0.3 is 4.84 Å². The molecular formula is C18H16N2O4S. The molecule has 0 radical (unpaired) electrons. The van der Waals surface area contributed by atoms with Crippen molar-refractivity contribution in [2.45, 2.75) is 30.5 Å². The van der Waals surface area contributed by atoms with Gasteiger partial charge in [-0.05, 0) is 24.3 Å². The zero-order valence-electron chi connectivity index (χ0n) is 14.0. The number of hydrogen-bond donors (Lipinski definition) is 0. The van der Waals surface area contributed by atoms with Gasteiger partial charge in [0.05, 0.1) is 21.7 Å². The smallest absolute Gasteiger partial charge is 0.324 e. The SMILES string of the molecule is CC(C)(C)Sc1cc(C(=O)ON2C(=O)c3ccccc3C2=O)ccn1. The fraction of sp³-hybridized carbons (Fsp3) is 0.222. The quantitative estimate of drug-likeness (QED) is 0.620. The maximum absolute atomic E-state index is 12.4. The third-order valence-electron chi connectivity index (χ3n) is 3.31. The van der Waals surface area contributed by atoms with Crippen LogP contribution in [0.3, 0.4) is 0 Å². The zero-order valence-corrected chi connectivity index (χ0v) is 14.8. The number of pyridine rings is 1. The third-order valence-corrected chi connectivity index (χ3v) is 4.36. The first-order chi connectivity index (χ1) is 11.8. The number of aromatic nitrogens is 1. The molecule has 1 aromatic heterocycles. The molecule has 0 atom stereocenters. The van der Waals surface area contributed by atoms with Crippen molar-refractivity contribution in [3.05, 3.63) is 59.3 Å². The van der Waals surface area contributed by atoms with Crippen LogP contribution in [0, 0.1) is 0 Å². The summed E-state index contributed by atoms with van der Waals surface area (Å²) in [5, 5.41) is 1.16. The maximum Gasteiger partial charge on any atom is 0.364 e. The highest BCUT2D eigenvalue weighted by Crippen LogP contribution is 2.31. The van der Waals surface area contributed by atoms with E-state index in [1.165, 1.54) is 36.2 Å². The molecule has 2 aromatic rings. The first kappa shape index (κ1) is 17.2. The van der Waals surface area contributed by atoms with E-state index in [2.05, 4.69) is 4.98 Å². The average Bonchev–Trinajstić information content (AvgIpc) is 2.79. The molecule has 2 amide bonds. The second-order valence-corrected chi connectivity index (χ2v) is 8.27. The Morgan fingerprint density at radius 2 is 1.68 bits per heavy atom. The van der Waals surface area contributed by atoms with E-state index >= 15 is 0 Å². The summed E-state index contributed by atoms with van der Waals surface area (Å²) in [6.45, 7) is 6.09. The molecule has 0 aliphatic carbocycles. The number of fused-ring (bicyclic) bond motifs is 1. The summed E-state index contributed by atoms with van der Waals surface area (Å²) >= 11 is 1.50. The molecule has 0 unspecified atom stereocenters. The molecule has 0 bridgehead atoms. The van der Waals surface area contributed by atoms with E-state index in [9.17, 15) is 14.4 Å². The summed E-state index contributed by atoms with van der Waals surface area (Å²) in [5.74, 6) is -2.08. The van der Waals surface area contributed by atoms with Crippen molar-refractivity contribution in [1.82, 2.24) is 10.0 Å². The summed E-state index contributed by atoms with van der Waals surface area (Å²) in [4.78, 5) is 46.1. The molecule has 0 spiro atoms. The van der Waals surface area contributed by atoms with Gasteiger partial charge in [-0.25, -0.2) is 9.78 Å². The molecule has 0 saturated heterocycles. The van der Waals surface area contributed by atoms with Gasteiger partial charge in [0.1, 0.15) is 0 Å². The summed E-state index contributed by atoms with van der Waals surface area (Å²) in [7, 11) is 0. The number of rotatable bonds is 3. The van der Waals surface area contributed by atoms with Crippen LogP contribution < -0.4 is 0 Å². The summed E-state index contributed by atoms with van der Waals surface area (Å²) < 4.78 is -0.0714. The van der Waals surface area contributed by atoms with Crippen molar-refractivity contribution in [3.63, 3.8) is 0 Å². The van der Waals surface area contributed by atoms with E-state index in [1.807, 2.05) is 20.8 Å². The van der Waals surface area contributed by atoms with Gasteiger partial charge in [-0.1, -0.05) is 38.0 Å². The number of amides is 2. The van der Waals surface area contributed by atoms with E-state index in [4.69, 9.17) is 4.84 Å². The summed E-state index contributed by atoms with van der Waals surface area (Å²) in [6, 6.07) is 9.40. The molecule has 128 valence electrons. The Kier molecular flexibility index (Phi) is 4.34. The molecule has 25 heavy (non-hydrogen) atoms. The monoisotopic (exact) mass is 356 g/mol. The molecule has 0 fully saturated rings. The minimum atomic E-state index is -0.785. The number of hydroxylamine groups is 2. The lowest BCUT2D eigenvalue weighted by molar-refractivity contribution is -0.0584. The molecule has 0 saturated carbocycles. The number of carbonyl (C=O) groups excluding carboxylic acids is 3. The second-order valence-electron chi connectivity index (χ2n) is 6.43. The topological polar surface area (TPSA) is 76.6 Å². The summed E-state index contributed by atoms with van der Waals surface area (Å²) in [5.41, 5.74) is 0.663. The number of thioether (sulfide) groups is 1. The molecule has 2 heterocycles. The van der Waals surface area contributed by atoms with Crippen LogP contribution in [-0.2, 0) is 4.84 Å². The minimum absolute atomic E-state index is 0.0714. The highest BCUT2D eigenvalue weighted by atomic mass is 32.2. The van der Waals surface area contributed by atoms with Crippen molar-refractivity contribution < 1.29 is 19.2 Å². The van der Waals surface area contributed by atoms with Gasteiger partial charge in [-0.15, -0.1) is 11.8 Å². The van der Waals surface area contributed by atoms with Gasteiger partial charge in [0.2, 0.25) is 0 Å². The molecular weight excluding hydrogens is 340 g/mol. The van der Waals surface area contributed by atoms with E-state index in [1.54, 1.807) is 18.2 Å². The van der Waals surface area contributed by atoms with Crippen LogP contribution in [0.15, 0.2) is 47.6 Å².